The Morgan fingerprint density at radius 3 is 2.67 bits per heavy atom. The highest BCUT2D eigenvalue weighted by Gasteiger charge is 2.58. The van der Waals surface area contributed by atoms with Crippen LogP contribution in [0.15, 0.2) is 59.6 Å². The summed E-state index contributed by atoms with van der Waals surface area (Å²) in [5, 5.41) is 4.10. The van der Waals surface area contributed by atoms with Gasteiger partial charge in [-0.2, -0.15) is 4.98 Å². The zero-order valence-electron chi connectivity index (χ0n) is 18.1. The van der Waals surface area contributed by atoms with Crippen molar-refractivity contribution >= 4 is 38.7 Å². The Morgan fingerprint density at radius 1 is 1.21 bits per heavy atom. The van der Waals surface area contributed by atoms with Gasteiger partial charge in [0.15, 0.2) is 5.78 Å². The van der Waals surface area contributed by atoms with Crippen LogP contribution in [0.5, 0.6) is 5.75 Å². The lowest BCUT2D eigenvalue weighted by Gasteiger charge is -2.62. The molecule has 166 valence electrons. The molecule has 3 heterocycles. The van der Waals surface area contributed by atoms with Gasteiger partial charge in [0.2, 0.25) is 5.95 Å². The SMILES string of the molecule is COc1ccc(CNc2ncc3c(C(=O)c4cncc(Br)c4)cn(C45CC(C4)C5)c3n2)cc1. The molecule has 33 heavy (non-hydrogen) atoms. The number of ketones is 1. The molecule has 0 saturated heterocycles. The summed E-state index contributed by atoms with van der Waals surface area (Å²) in [4.78, 5) is 26.9. The maximum atomic E-state index is 13.4. The van der Waals surface area contributed by atoms with E-state index in [2.05, 4.69) is 35.8 Å². The summed E-state index contributed by atoms with van der Waals surface area (Å²) in [6.07, 6.45) is 10.5. The summed E-state index contributed by atoms with van der Waals surface area (Å²) in [5.41, 5.74) is 3.18. The first kappa shape index (κ1) is 20.4. The fourth-order valence-corrected chi connectivity index (χ4v) is 5.34. The highest BCUT2D eigenvalue weighted by Crippen LogP contribution is 2.63. The van der Waals surface area contributed by atoms with Crippen LogP contribution >= 0.6 is 15.9 Å². The van der Waals surface area contributed by atoms with E-state index in [1.165, 1.54) is 0 Å². The molecule has 4 aromatic rings. The largest absolute Gasteiger partial charge is 0.497 e. The number of anilines is 1. The van der Waals surface area contributed by atoms with E-state index >= 15 is 0 Å². The molecule has 1 N–H and O–H groups in total. The van der Waals surface area contributed by atoms with Crippen LogP contribution in [-0.2, 0) is 12.1 Å². The molecule has 8 heteroatoms. The van der Waals surface area contributed by atoms with Crippen molar-refractivity contribution in [2.75, 3.05) is 12.4 Å². The third kappa shape index (κ3) is 3.40. The summed E-state index contributed by atoms with van der Waals surface area (Å²) in [6.45, 7) is 0.596. The lowest BCUT2D eigenvalue weighted by molar-refractivity contribution is -0.0859. The molecular weight excluding hydrogens is 482 g/mol. The van der Waals surface area contributed by atoms with Crippen molar-refractivity contribution in [2.45, 2.75) is 31.3 Å². The van der Waals surface area contributed by atoms with E-state index < -0.39 is 0 Å². The number of benzene rings is 1. The van der Waals surface area contributed by atoms with Gasteiger partial charge in [-0.15, -0.1) is 0 Å². The standard InChI is InChI=1S/C25H22BrN5O2/c1-33-19-4-2-15(3-5-19)10-28-24-29-13-20-21(22(32)17-6-18(26)12-27-11-17)14-31(23(20)30-24)25-7-16(8-25)9-25/h2-6,11-14,16H,7-10H2,1H3,(H,28,29,30). The van der Waals surface area contributed by atoms with Crippen LogP contribution in [0.2, 0.25) is 0 Å². The lowest BCUT2D eigenvalue weighted by Crippen LogP contribution is -2.59. The number of nitrogens with zero attached hydrogens (tertiary/aromatic N) is 4. The van der Waals surface area contributed by atoms with Crippen LogP contribution in [0, 0.1) is 5.92 Å². The van der Waals surface area contributed by atoms with Gasteiger partial charge < -0.3 is 14.6 Å². The number of aromatic nitrogens is 4. The summed E-state index contributed by atoms with van der Waals surface area (Å²) >= 11 is 3.41. The molecule has 2 bridgehead atoms. The van der Waals surface area contributed by atoms with E-state index in [0.717, 1.165) is 52.0 Å². The Bertz CT molecular complexity index is 1360. The van der Waals surface area contributed by atoms with Crippen LogP contribution in [0.1, 0.15) is 40.7 Å². The first-order chi connectivity index (χ1) is 16.0. The number of pyridine rings is 1. The average molecular weight is 504 g/mol. The van der Waals surface area contributed by atoms with Crippen LogP contribution in [0.3, 0.4) is 0 Å². The van der Waals surface area contributed by atoms with Gasteiger partial charge in [-0.1, -0.05) is 12.1 Å². The maximum absolute atomic E-state index is 13.4. The highest BCUT2D eigenvalue weighted by molar-refractivity contribution is 9.10. The third-order valence-corrected chi connectivity index (χ3v) is 7.32. The minimum Gasteiger partial charge on any atom is -0.497 e. The highest BCUT2D eigenvalue weighted by atomic mass is 79.9. The Balaban J connectivity index is 1.35. The Labute approximate surface area is 199 Å². The molecule has 3 aliphatic rings. The summed E-state index contributed by atoms with van der Waals surface area (Å²) < 4.78 is 8.22. The molecule has 7 rings (SSSR count). The average Bonchev–Trinajstić information content (AvgIpc) is 3.14. The number of fused-ring (bicyclic) bond motifs is 1. The molecule has 0 spiro atoms. The maximum Gasteiger partial charge on any atom is 0.224 e. The van der Waals surface area contributed by atoms with E-state index in [0.29, 0.717) is 23.6 Å². The van der Waals surface area contributed by atoms with Gasteiger partial charge in [0.25, 0.3) is 0 Å². The fraction of sp³-hybridized carbons (Fsp3) is 0.280. The van der Waals surface area contributed by atoms with Crippen molar-refractivity contribution in [3.63, 3.8) is 0 Å². The van der Waals surface area contributed by atoms with Crippen LogP contribution < -0.4 is 10.1 Å². The van der Waals surface area contributed by atoms with Gasteiger partial charge in [0, 0.05) is 52.3 Å². The zero-order chi connectivity index (χ0) is 22.6. The van der Waals surface area contributed by atoms with Gasteiger partial charge in [-0.05, 0) is 64.9 Å². The first-order valence-electron chi connectivity index (χ1n) is 11.0. The Kier molecular flexibility index (Phi) is 4.72. The number of carbonyl (C=O) groups is 1. The molecular formula is C25H22BrN5O2. The summed E-state index contributed by atoms with van der Waals surface area (Å²) in [6, 6.07) is 9.69. The zero-order valence-corrected chi connectivity index (χ0v) is 19.7. The second-order valence-electron chi connectivity index (χ2n) is 8.97. The van der Waals surface area contributed by atoms with Crippen LogP contribution in [0.25, 0.3) is 11.0 Å². The van der Waals surface area contributed by atoms with E-state index in [9.17, 15) is 4.79 Å². The number of ether oxygens (including phenoxy) is 1. The Hall–Kier alpha value is -3.26. The van der Waals surface area contributed by atoms with Gasteiger partial charge in [-0.3, -0.25) is 9.78 Å². The molecule has 0 unspecified atom stereocenters. The van der Waals surface area contributed by atoms with Gasteiger partial charge in [-0.25, -0.2) is 4.98 Å². The third-order valence-electron chi connectivity index (χ3n) is 6.88. The molecule has 3 aliphatic carbocycles. The molecule has 1 aromatic carbocycles. The molecule has 0 atom stereocenters. The van der Waals surface area contributed by atoms with Crippen molar-refractivity contribution in [3.8, 4) is 5.75 Å². The van der Waals surface area contributed by atoms with Gasteiger partial charge in [0.1, 0.15) is 11.4 Å². The van der Waals surface area contributed by atoms with Crippen LogP contribution in [-0.4, -0.2) is 32.4 Å². The van der Waals surface area contributed by atoms with E-state index in [4.69, 9.17) is 9.72 Å². The molecule has 3 saturated carbocycles. The summed E-state index contributed by atoms with van der Waals surface area (Å²) in [5.74, 6) is 2.12. The topological polar surface area (TPSA) is 81.9 Å². The number of nitrogens with one attached hydrogen (secondary N) is 1. The Morgan fingerprint density at radius 2 is 2.00 bits per heavy atom. The molecule has 0 aliphatic heterocycles. The smallest absolute Gasteiger partial charge is 0.224 e. The number of rotatable bonds is 7. The van der Waals surface area contributed by atoms with E-state index in [1.54, 1.807) is 31.8 Å². The summed E-state index contributed by atoms with van der Waals surface area (Å²) in [7, 11) is 1.66. The van der Waals surface area contributed by atoms with Crippen molar-refractivity contribution in [1.29, 1.82) is 0 Å². The quantitative estimate of drug-likeness (QED) is 0.359. The number of methoxy groups -OCH3 is 1. The van der Waals surface area contributed by atoms with Gasteiger partial charge in [0.05, 0.1) is 12.7 Å². The number of hydrogen-bond donors (Lipinski definition) is 1. The lowest BCUT2D eigenvalue weighted by atomic mass is 9.49. The molecule has 0 amide bonds. The van der Waals surface area contributed by atoms with Crippen LogP contribution in [0.4, 0.5) is 5.95 Å². The molecule has 3 aromatic heterocycles. The van der Waals surface area contributed by atoms with Crippen molar-refractivity contribution in [3.05, 3.63) is 76.3 Å². The first-order valence-corrected chi connectivity index (χ1v) is 11.7. The predicted octanol–water partition coefficient (Wildman–Crippen LogP) is 4.95. The van der Waals surface area contributed by atoms with Crippen molar-refractivity contribution in [2.24, 2.45) is 5.92 Å². The molecule has 3 fully saturated rings. The minimum absolute atomic E-state index is 0.0679. The number of carbonyl (C=O) groups excluding carboxylic acids is 1. The second kappa shape index (κ2) is 7.66. The molecule has 7 nitrogen and oxygen atoms in total. The fourth-order valence-electron chi connectivity index (χ4n) is 4.98. The normalized spacial score (nSPS) is 20.7. The second-order valence-corrected chi connectivity index (χ2v) is 9.88. The van der Waals surface area contributed by atoms with Crippen molar-refractivity contribution in [1.82, 2.24) is 19.5 Å². The number of hydrogen-bond acceptors (Lipinski definition) is 6. The number of halogens is 1. The van der Waals surface area contributed by atoms with Gasteiger partial charge >= 0.3 is 0 Å². The monoisotopic (exact) mass is 503 g/mol. The predicted molar refractivity (Wildman–Crippen MR) is 129 cm³/mol. The van der Waals surface area contributed by atoms with Crippen molar-refractivity contribution < 1.29 is 9.53 Å². The van der Waals surface area contributed by atoms with E-state index in [1.807, 2.05) is 30.5 Å². The minimum atomic E-state index is -0.0679. The van der Waals surface area contributed by atoms with E-state index in [-0.39, 0.29) is 11.3 Å². The molecule has 0 radical (unpaired) electrons.